The molecular weight excluding hydrogens is 3650 g/mol. The average Bonchev–Trinajstić information content (AvgIpc) is 0.817. The first-order valence-corrected chi connectivity index (χ1v) is 53.4. The molecule has 0 heterocycles. The first-order valence-electron chi connectivity index (χ1n) is 34.0. The zero-order valence-electron chi connectivity index (χ0n) is 61.9. The van der Waals surface area contributed by atoms with Gasteiger partial charge in [0.2, 0.25) is 23.6 Å². The van der Waals surface area contributed by atoms with Crippen LogP contribution in [0.25, 0.3) is 0 Å². The molecule has 122 heavy (non-hydrogen) atoms. The lowest BCUT2D eigenvalue weighted by Gasteiger charge is -2.14. The van der Waals surface area contributed by atoms with Gasteiger partial charge in [0.05, 0.1) is 90.2 Å². The van der Waals surface area contributed by atoms with Crippen molar-refractivity contribution < 1.29 is 120 Å². The number of nitrogens with one attached hydrogen (secondary N) is 6. The van der Waals surface area contributed by atoms with Crippen LogP contribution in [0.5, 0.6) is 23.0 Å². The molecule has 0 atom stereocenters. The number of rotatable bonds is 42. The fraction of sp³-hybridized carbons (Fsp3) is 0.324. The molecule has 0 aromatic heterocycles. The van der Waals surface area contributed by atoms with Crippen LogP contribution in [0.1, 0.15) is 46.4 Å². The van der Waals surface area contributed by atoms with Crippen molar-refractivity contribution in [3.05, 3.63) is 136 Å². The molecule has 0 unspecified atom stereocenters. The van der Waals surface area contributed by atoms with Crippen LogP contribution in [0.2, 0.25) is 0 Å². The Balaban J connectivity index is 0.000000386. The van der Waals surface area contributed by atoms with E-state index in [4.69, 9.17) is 58.8 Å². The van der Waals surface area contributed by atoms with E-state index in [1.165, 1.54) is 0 Å². The van der Waals surface area contributed by atoms with Crippen LogP contribution in [-0.4, -0.2) is 210 Å². The summed E-state index contributed by atoms with van der Waals surface area (Å²) < 4.78 is 68.4. The quantitative estimate of drug-likeness (QED) is 0.00322. The molecular formula is C71H66I18N8O25. The second kappa shape index (κ2) is 61.6. The van der Waals surface area contributed by atoms with E-state index in [9.17, 15) is 72.9 Å². The largest absolute Gasteiger partial charge is 0.491 e. The lowest BCUT2D eigenvalue weighted by Crippen LogP contribution is -2.35. The Morgan fingerprint density at radius 2 is 0.541 bits per heavy atom. The number of ether oxygens (including phenoxy) is 10. The summed E-state index contributed by atoms with van der Waals surface area (Å²) in [7, 11) is 0. The van der Waals surface area contributed by atoms with Gasteiger partial charge in [0, 0.05) is 35.7 Å². The number of hydrogen-bond acceptors (Lipinski definition) is 27. The molecule has 0 bridgehead atoms. The Morgan fingerprint density at radius 3 is 0.844 bits per heavy atom. The van der Waals surface area contributed by atoms with E-state index in [-0.39, 0.29) is 65.4 Å². The van der Waals surface area contributed by atoms with Crippen molar-refractivity contribution in [2.24, 2.45) is 0 Å². The number of carbonyl (C=O) groups is 12. The Bertz CT molecular complexity index is 4430. The lowest BCUT2D eigenvalue weighted by molar-refractivity contribution is -0.155. The van der Waals surface area contributed by atoms with Gasteiger partial charge in [-0.3, -0.25) is 57.5 Å². The number of amides is 6. The molecule has 33 nitrogen and oxygen atoms in total. The summed E-state index contributed by atoms with van der Waals surface area (Å²) in [6.07, 6.45) is -4.98. The van der Waals surface area contributed by atoms with Gasteiger partial charge in [-0.1, -0.05) is 0 Å². The molecule has 6 aromatic carbocycles. The highest BCUT2D eigenvalue weighted by atomic mass is 127. The minimum absolute atomic E-state index is 0.00612. The van der Waals surface area contributed by atoms with Gasteiger partial charge >= 0.3 is 35.8 Å². The van der Waals surface area contributed by atoms with Crippen molar-refractivity contribution in [3.8, 4) is 23.0 Å². The van der Waals surface area contributed by atoms with E-state index in [2.05, 4.69) is 439 Å². The number of aliphatic hydroxyl groups excluding tert-OH is 3. The smallest absolute Gasteiger partial charge is 0.325 e. The molecule has 0 aliphatic heterocycles. The number of halogens is 18. The minimum atomic E-state index is -1.32. The fourth-order valence-corrected chi connectivity index (χ4v) is 28.3. The third kappa shape index (κ3) is 44.8. The second-order valence-corrected chi connectivity index (χ2v) is 44.5. The maximum Gasteiger partial charge on any atom is 0.325 e. The number of esters is 6. The van der Waals surface area contributed by atoms with Gasteiger partial charge in [0.25, 0.3) is 11.8 Å². The number of aliphatic hydroxyl groups is 3. The van der Waals surface area contributed by atoms with Crippen LogP contribution in [0.15, 0.2) is 60.7 Å². The summed E-state index contributed by atoms with van der Waals surface area (Å²) in [6, 6.07) is 19.0. The number of nitrogens with two attached hydrogens (primary N) is 2. The van der Waals surface area contributed by atoms with E-state index in [0.29, 0.717) is 34.0 Å². The SMILES string of the molecule is Nc1c(I)cc(I)c(OCCC(=O)NCC(=O)OCC(O)COC(=O)CNC(=O)CCOc2c(I)cc(I)c(N)c2I)c1I.O=C(CC(=O)OCC(O)COC(=O)CC(=O)NCCOc1c(I)cc(I)cc1I)NCCOc1c(I)cc(I)cc1I.O=C(CNC(=O)c1cc(I)cc(I)c1I)OCC(O)COC(=O)CNC(=O)c1cc(I)cc(I)c1I. The molecule has 0 aliphatic carbocycles. The zero-order chi connectivity index (χ0) is 91.2. The molecule has 666 valence electrons. The lowest BCUT2D eigenvalue weighted by atomic mass is 10.2. The Hall–Kier alpha value is 0.780. The Kier molecular flexibility index (Phi) is 58.1. The van der Waals surface area contributed by atoms with Gasteiger partial charge in [0.15, 0.2) is 0 Å². The van der Waals surface area contributed by atoms with Gasteiger partial charge < -0.3 is 106 Å². The highest BCUT2D eigenvalue weighted by Gasteiger charge is 2.24. The molecule has 13 N–H and O–H groups in total. The summed E-state index contributed by atoms with van der Waals surface area (Å²) in [5.41, 5.74) is 14.1. The molecule has 0 saturated heterocycles. The molecule has 6 rings (SSSR count). The third-order valence-electron chi connectivity index (χ3n) is 14.1. The van der Waals surface area contributed by atoms with Gasteiger partial charge in [-0.05, 0) is 467 Å². The molecule has 0 fully saturated rings. The zero-order valence-corrected chi connectivity index (χ0v) is 101. The predicted molar refractivity (Wildman–Crippen MR) is 597 cm³/mol. The monoisotopic (exact) mass is 3710 g/mol. The predicted octanol–water partition coefficient (Wildman–Crippen LogP) is 11.5. The van der Waals surface area contributed by atoms with Crippen LogP contribution in [0.3, 0.4) is 0 Å². The normalized spacial score (nSPS) is 10.7. The summed E-state index contributed by atoms with van der Waals surface area (Å²) >= 11 is 38.4. The van der Waals surface area contributed by atoms with E-state index >= 15 is 0 Å². The van der Waals surface area contributed by atoms with Gasteiger partial charge in [-0.25, -0.2) is 0 Å². The summed E-state index contributed by atoms with van der Waals surface area (Å²) in [5, 5.41) is 44.7. The Morgan fingerprint density at radius 1 is 0.287 bits per heavy atom. The number of hydrogen-bond donors (Lipinski definition) is 11. The Labute approximate surface area is 944 Å². The van der Waals surface area contributed by atoms with Crippen molar-refractivity contribution in [2.45, 2.75) is 44.0 Å². The van der Waals surface area contributed by atoms with Crippen molar-refractivity contribution in [2.75, 3.05) is 117 Å². The second-order valence-electron chi connectivity index (χ2n) is 23.6. The highest BCUT2D eigenvalue weighted by molar-refractivity contribution is 14.1. The van der Waals surface area contributed by atoms with Gasteiger partial charge in [-0.15, -0.1) is 0 Å². The molecule has 0 aliphatic rings. The topological polar surface area (TPSA) is 482 Å². The minimum Gasteiger partial charge on any atom is -0.491 e. The van der Waals surface area contributed by atoms with Crippen LogP contribution < -0.4 is 62.3 Å². The van der Waals surface area contributed by atoms with E-state index < -0.39 is 155 Å². The summed E-state index contributed by atoms with van der Waals surface area (Å²) in [4.78, 5) is 144. The standard InChI is InChI=1S/C25H26I6N4O9.C25H24I6N2O9.C21H16I6N2O7/c26-12-5-14(28)24(20(30)22(12)32)41-3-1-16(37)34-7-18(39)43-9-11(36)10-44-19(40)8-35-17(38)2-4-42-25-15(29)6-13(27)23(33)21(25)31;26-13-5-16(28)24(17(29)6-13)39-3-1-32-20(35)9-22(37)41-11-15(34)12-42-23(38)10-21(36)33-2-4-40-25-18(30)7-14(27)8-19(25)31;22-9-1-12(18(26)14(24)3-9)20(33)28-5-16(31)35-7-11(30)8-36-17(32)6-29-21(34)13-2-10(23)4-15(25)19(13)27/h5-6,11,36H,1-4,7-10,32-33H2,(H,34,37)(H,35,38);5-8,15,34H,1-4,9-12H2,(H,32,35)(H,33,36);1-4,11,30H,5-8H2,(H,28,33)(H,29,34). The number of nitrogen functional groups attached to an aromatic ring is 2. The maximum atomic E-state index is 12.4. The summed E-state index contributed by atoms with van der Waals surface area (Å²) in [5.74, 6) is -4.95. The molecule has 0 radical (unpaired) electrons. The van der Waals surface area contributed by atoms with E-state index in [0.717, 1.165) is 75.8 Å². The number of anilines is 2. The van der Waals surface area contributed by atoms with Crippen molar-refractivity contribution >= 4 is 489 Å². The number of carbonyl (C=O) groups excluding carboxylic acids is 12. The van der Waals surface area contributed by atoms with E-state index in [1.54, 1.807) is 12.1 Å². The van der Waals surface area contributed by atoms with Crippen molar-refractivity contribution in [3.63, 3.8) is 0 Å². The van der Waals surface area contributed by atoms with E-state index in [1.807, 2.05) is 48.5 Å². The fourth-order valence-electron chi connectivity index (χ4n) is 8.38. The molecule has 6 aromatic rings. The average molecular weight is 3720 g/mol. The van der Waals surface area contributed by atoms with Gasteiger partial charge in [0.1, 0.15) is 133 Å². The molecule has 6 amide bonds. The van der Waals surface area contributed by atoms with Gasteiger partial charge in [-0.2, -0.15) is 0 Å². The van der Waals surface area contributed by atoms with Crippen LogP contribution in [0, 0.1) is 64.3 Å². The van der Waals surface area contributed by atoms with Crippen molar-refractivity contribution in [1.29, 1.82) is 0 Å². The molecule has 51 heteroatoms. The number of benzene rings is 6. The first kappa shape index (κ1) is 115. The van der Waals surface area contributed by atoms with Crippen LogP contribution in [-0.2, 0) is 76.4 Å². The first-order chi connectivity index (χ1) is 57.4. The third-order valence-corrected chi connectivity index (χ3v) is 31.4. The van der Waals surface area contributed by atoms with Crippen LogP contribution in [0.4, 0.5) is 11.4 Å². The van der Waals surface area contributed by atoms with Crippen LogP contribution >= 0.6 is 407 Å². The van der Waals surface area contributed by atoms with Crippen molar-refractivity contribution in [1.82, 2.24) is 31.9 Å². The summed E-state index contributed by atoms with van der Waals surface area (Å²) in [6.45, 7) is -3.36. The molecule has 0 spiro atoms. The molecule has 0 saturated carbocycles. The maximum absolute atomic E-state index is 12.4. The highest BCUT2D eigenvalue weighted by Crippen LogP contribution is 2.37.